The first-order valence-electron chi connectivity index (χ1n) is 5.36. The number of halogens is 3. The molecule has 0 spiro atoms. The summed E-state index contributed by atoms with van der Waals surface area (Å²) in [5, 5.41) is 7.56. The minimum Gasteiger partial charge on any atom is -0.325 e. The van der Waals surface area contributed by atoms with Crippen molar-refractivity contribution in [3.05, 3.63) is 35.3 Å². The van der Waals surface area contributed by atoms with Gasteiger partial charge in [0.1, 0.15) is 5.69 Å². The number of aryl methyl sites for hydroxylation is 1. The monoisotopic (exact) mass is 256 g/mol. The van der Waals surface area contributed by atoms with Crippen LogP contribution in [-0.4, -0.2) is 15.0 Å². The van der Waals surface area contributed by atoms with Crippen molar-refractivity contribution in [2.24, 2.45) is 5.73 Å². The molecular formula is C11H11F3N4. The molecule has 0 radical (unpaired) electrons. The van der Waals surface area contributed by atoms with E-state index in [1.54, 1.807) is 6.92 Å². The SMILES string of the molecule is CCn1nnc(CN)c1-c1ccc(F)c(F)c1F. The van der Waals surface area contributed by atoms with Crippen LogP contribution in [0.15, 0.2) is 12.1 Å². The summed E-state index contributed by atoms with van der Waals surface area (Å²) in [6.07, 6.45) is 0. The van der Waals surface area contributed by atoms with Crippen LogP contribution in [0.2, 0.25) is 0 Å². The largest absolute Gasteiger partial charge is 0.325 e. The molecule has 2 rings (SSSR count). The van der Waals surface area contributed by atoms with E-state index in [9.17, 15) is 13.2 Å². The van der Waals surface area contributed by atoms with Crippen LogP contribution >= 0.6 is 0 Å². The molecule has 1 aromatic carbocycles. The molecule has 0 fully saturated rings. The molecule has 0 aliphatic heterocycles. The quantitative estimate of drug-likeness (QED) is 0.852. The maximum Gasteiger partial charge on any atom is 0.195 e. The van der Waals surface area contributed by atoms with Gasteiger partial charge < -0.3 is 5.73 Å². The van der Waals surface area contributed by atoms with Gasteiger partial charge in [0.15, 0.2) is 17.5 Å². The lowest BCUT2D eigenvalue weighted by Crippen LogP contribution is -2.05. The van der Waals surface area contributed by atoms with Crippen LogP contribution in [0.1, 0.15) is 12.6 Å². The summed E-state index contributed by atoms with van der Waals surface area (Å²) in [5.74, 6) is -4.01. The zero-order chi connectivity index (χ0) is 13.3. The highest BCUT2D eigenvalue weighted by Gasteiger charge is 2.21. The fourth-order valence-electron chi connectivity index (χ4n) is 1.71. The molecule has 4 nitrogen and oxygen atoms in total. The van der Waals surface area contributed by atoms with E-state index >= 15 is 0 Å². The number of benzene rings is 1. The van der Waals surface area contributed by atoms with Crippen molar-refractivity contribution in [3.8, 4) is 11.3 Å². The van der Waals surface area contributed by atoms with Crippen molar-refractivity contribution >= 4 is 0 Å². The maximum atomic E-state index is 13.7. The first-order chi connectivity index (χ1) is 8.60. The van der Waals surface area contributed by atoms with Gasteiger partial charge in [0.25, 0.3) is 0 Å². The summed E-state index contributed by atoms with van der Waals surface area (Å²) < 4.78 is 41.2. The Kier molecular flexibility index (Phi) is 3.33. The lowest BCUT2D eigenvalue weighted by molar-refractivity contribution is 0.448. The summed E-state index contributed by atoms with van der Waals surface area (Å²) in [5.41, 5.74) is 5.98. The van der Waals surface area contributed by atoms with Gasteiger partial charge in [-0.05, 0) is 19.1 Å². The molecule has 1 heterocycles. The number of nitrogens with zero attached hydrogens (tertiary/aromatic N) is 3. The molecule has 0 aliphatic rings. The van der Waals surface area contributed by atoms with E-state index in [2.05, 4.69) is 10.3 Å². The second-order valence-corrected chi connectivity index (χ2v) is 3.63. The molecule has 18 heavy (non-hydrogen) atoms. The van der Waals surface area contributed by atoms with Gasteiger partial charge >= 0.3 is 0 Å². The van der Waals surface area contributed by atoms with Crippen LogP contribution in [0.25, 0.3) is 11.3 Å². The molecule has 0 bridgehead atoms. The van der Waals surface area contributed by atoms with Crippen LogP contribution in [0, 0.1) is 17.5 Å². The van der Waals surface area contributed by atoms with E-state index in [1.165, 1.54) is 4.68 Å². The van der Waals surface area contributed by atoms with Crippen molar-refractivity contribution < 1.29 is 13.2 Å². The van der Waals surface area contributed by atoms with E-state index in [-0.39, 0.29) is 17.8 Å². The summed E-state index contributed by atoms with van der Waals surface area (Å²) in [4.78, 5) is 0. The standard InChI is InChI=1S/C11H11F3N4/c1-2-18-11(8(5-15)16-17-18)6-3-4-7(12)10(14)9(6)13/h3-4H,2,5,15H2,1H3. The molecule has 2 N–H and O–H groups in total. The molecule has 0 saturated heterocycles. The zero-order valence-corrected chi connectivity index (χ0v) is 9.62. The maximum absolute atomic E-state index is 13.7. The van der Waals surface area contributed by atoms with Gasteiger partial charge in [0, 0.05) is 18.7 Å². The highest BCUT2D eigenvalue weighted by atomic mass is 19.2. The van der Waals surface area contributed by atoms with Crippen molar-refractivity contribution in [2.45, 2.75) is 20.0 Å². The van der Waals surface area contributed by atoms with Crippen molar-refractivity contribution in [1.82, 2.24) is 15.0 Å². The Labute approximate surface area is 101 Å². The van der Waals surface area contributed by atoms with Gasteiger partial charge in [0.2, 0.25) is 0 Å². The molecule has 0 amide bonds. The molecule has 0 atom stereocenters. The van der Waals surface area contributed by atoms with Crippen molar-refractivity contribution in [3.63, 3.8) is 0 Å². The zero-order valence-electron chi connectivity index (χ0n) is 9.62. The summed E-state index contributed by atoms with van der Waals surface area (Å²) in [6, 6.07) is 2.01. The van der Waals surface area contributed by atoms with E-state index in [0.717, 1.165) is 12.1 Å². The van der Waals surface area contributed by atoms with Crippen LogP contribution in [0.5, 0.6) is 0 Å². The summed E-state index contributed by atoms with van der Waals surface area (Å²) >= 11 is 0. The fraction of sp³-hybridized carbons (Fsp3) is 0.273. The number of hydrogen-bond acceptors (Lipinski definition) is 3. The molecule has 96 valence electrons. The van der Waals surface area contributed by atoms with Crippen molar-refractivity contribution in [2.75, 3.05) is 0 Å². The highest BCUT2D eigenvalue weighted by molar-refractivity contribution is 5.62. The third kappa shape index (κ3) is 1.86. The third-order valence-electron chi connectivity index (χ3n) is 2.59. The number of rotatable bonds is 3. The van der Waals surface area contributed by atoms with Gasteiger partial charge in [-0.25, -0.2) is 17.9 Å². The Balaban J connectivity index is 2.68. The van der Waals surface area contributed by atoms with Gasteiger partial charge in [-0.3, -0.25) is 0 Å². The topological polar surface area (TPSA) is 56.7 Å². The number of aromatic nitrogens is 3. The summed E-state index contributed by atoms with van der Waals surface area (Å²) in [6.45, 7) is 2.23. The van der Waals surface area contributed by atoms with Gasteiger partial charge in [-0.2, -0.15) is 0 Å². The Morgan fingerprint density at radius 1 is 1.22 bits per heavy atom. The molecular weight excluding hydrogens is 245 g/mol. The first-order valence-corrected chi connectivity index (χ1v) is 5.36. The molecule has 0 saturated carbocycles. The van der Waals surface area contributed by atoms with Gasteiger partial charge in [-0.15, -0.1) is 5.10 Å². The number of hydrogen-bond donors (Lipinski definition) is 1. The van der Waals surface area contributed by atoms with Gasteiger partial charge in [-0.1, -0.05) is 5.21 Å². The second kappa shape index (κ2) is 4.77. The Hall–Kier alpha value is -1.89. The molecule has 0 aliphatic carbocycles. The van der Waals surface area contributed by atoms with Gasteiger partial charge in [0.05, 0.1) is 5.69 Å². The molecule has 1 aromatic heterocycles. The predicted molar refractivity (Wildman–Crippen MR) is 58.9 cm³/mol. The smallest absolute Gasteiger partial charge is 0.195 e. The Morgan fingerprint density at radius 2 is 1.94 bits per heavy atom. The molecule has 0 unspecified atom stereocenters. The van der Waals surface area contributed by atoms with Crippen LogP contribution in [-0.2, 0) is 13.1 Å². The first kappa shape index (κ1) is 12.6. The minimum atomic E-state index is -1.51. The second-order valence-electron chi connectivity index (χ2n) is 3.63. The predicted octanol–water partition coefficient (Wildman–Crippen LogP) is 1.84. The van der Waals surface area contributed by atoms with E-state index < -0.39 is 17.5 Å². The lowest BCUT2D eigenvalue weighted by atomic mass is 10.1. The lowest BCUT2D eigenvalue weighted by Gasteiger charge is -2.07. The van der Waals surface area contributed by atoms with E-state index in [1.807, 2.05) is 0 Å². The summed E-state index contributed by atoms with van der Waals surface area (Å²) in [7, 11) is 0. The number of nitrogens with two attached hydrogens (primary N) is 1. The molecule has 7 heteroatoms. The fourth-order valence-corrected chi connectivity index (χ4v) is 1.71. The molecule has 2 aromatic rings. The average molecular weight is 256 g/mol. The Morgan fingerprint density at radius 3 is 2.56 bits per heavy atom. The minimum absolute atomic E-state index is 0.0355. The van der Waals surface area contributed by atoms with E-state index in [4.69, 9.17) is 5.73 Å². The highest BCUT2D eigenvalue weighted by Crippen LogP contribution is 2.27. The normalized spacial score (nSPS) is 10.9. The average Bonchev–Trinajstić information content (AvgIpc) is 2.79. The van der Waals surface area contributed by atoms with Crippen LogP contribution < -0.4 is 5.73 Å². The third-order valence-corrected chi connectivity index (χ3v) is 2.59. The Bertz CT molecular complexity index is 558. The van der Waals surface area contributed by atoms with Crippen LogP contribution in [0.3, 0.4) is 0 Å². The van der Waals surface area contributed by atoms with E-state index in [0.29, 0.717) is 12.2 Å². The van der Waals surface area contributed by atoms with Crippen molar-refractivity contribution in [1.29, 1.82) is 0 Å². The van der Waals surface area contributed by atoms with Crippen LogP contribution in [0.4, 0.5) is 13.2 Å².